The summed E-state index contributed by atoms with van der Waals surface area (Å²) in [6.07, 6.45) is 0. The van der Waals surface area contributed by atoms with Crippen molar-refractivity contribution in [2.24, 2.45) is 0 Å². The molecular weight excluding hydrogens is 232 g/mol. The third-order valence-electron chi connectivity index (χ3n) is 2.75. The van der Waals surface area contributed by atoms with E-state index in [0.717, 1.165) is 0 Å². The second-order valence-corrected chi connectivity index (χ2v) is 4.05. The number of anilines is 1. The van der Waals surface area contributed by atoms with Gasteiger partial charge >= 0.3 is 0 Å². The van der Waals surface area contributed by atoms with Crippen LogP contribution in [0.5, 0.6) is 0 Å². The monoisotopic (exact) mass is 250 g/mol. The van der Waals surface area contributed by atoms with Gasteiger partial charge in [0.15, 0.2) is 0 Å². The number of benzene rings is 1. The molecule has 0 saturated carbocycles. The topological polar surface area (TPSA) is 60.9 Å². The molecule has 18 heavy (non-hydrogen) atoms. The van der Waals surface area contributed by atoms with Crippen molar-refractivity contribution in [1.29, 1.82) is 0 Å². The van der Waals surface area contributed by atoms with Crippen LogP contribution in [0.25, 0.3) is 0 Å². The fraction of sp³-hybridized carbons (Fsp3) is 0.385. The molecule has 5 heteroatoms. The van der Waals surface area contributed by atoms with Crippen LogP contribution in [0.4, 0.5) is 5.69 Å². The number of nitrogens with zero attached hydrogens (tertiary/aromatic N) is 2. The highest BCUT2D eigenvalue weighted by atomic mass is 16.3. The summed E-state index contributed by atoms with van der Waals surface area (Å²) in [6, 6.07) is 6.92. The Kier molecular flexibility index (Phi) is 4.85. The van der Waals surface area contributed by atoms with Crippen LogP contribution in [0.2, 0.25) is 0 Å². The molecule has 0 fully saturated rings. The molecule has 0 saturated heterocycles. The van der Waals surface area contributed by atoms with E-state index < -0.39 is 0 Å². The van der Waals surface area contributed by atoms with Crippen molar-refractivity contribution in [3.05, 3.63) is 29.8 Å². The minimum atomic E-state index is -0.215. The average Bonchev–Trinajstić information content (AvgIpc) is 2.37. The lowest BCUT2D eigenvalue weighted by atomic mass is 10.1. The van der Waals surface area contributed by atoms with Gasteiger partial charge in [0.2, 0.25) is 5.91 Å². The van der Waals surface area contributed by atoms with E-state index in [4.69, 9.17) is 5.11 Å². The fourth-order valence-electron chi connectivity index (χ4n) is 1.57. The van der Waals surface area contributed by atoms with Crippen molar-refractivity contribution in [1.82, 2.24) is 4.90 Å². The van der Waals surface area contributed by atoms with Crippen molar-refractivity contribution in [3.8, 4) is 0 Å². The zero-order chi connectivity index (χ0) is 13.7. The predicted octanol–water partition coefficient (Wildman–Crippen LogP) is 0.734. The van der Waals surface area contributed by atoms with Crippen LogP contribution in [0.15, 0.2) is 24.3 Å². The number of rotatable bonds is 4. The Morgan fingerprint density at radius 3 is 2.39 bits per heavy atom. The van der Waals surface area contributed by atoms with Crippen molar-refractivity contribution < 1.29 is 14.7 Å². The van der Waals surface area contributed by atoms with Gasteiger partial charge in [-0.1, -0.05) is 12.1 Å². The molecule has 0 aliphatic heterocycles. The summed E-state index contributed by atoms with van der Waals surface area (Å²) < 4.78 is 0. The van der Waals surface area contributed by atoms with E-state index in [2.05, 4.69) is 0 Å². The number of carbonyl (C=O) groups is 2. The molecule has 0 aliphatic rings. The third kappa shape index (κ3) is 3.07. The van der Waals surface area contributed by atoms with Gasteiger partial charge < -0.3 is 14.9 Å². The minimum Gasteiger partial charge on any atom is -0.395 e. The van der Waals surface area contributed by atoms with Crippen molar-refractivity contribution in [3.63, 3.8) is 0 Å². The number of carbonyl (C=O) groups excluding carboxylic acids is 2. The Labute approximate surface area is 107 Å². The molecular formula is C13H18N2O3. The second-order valence-electron chi connectivity index (χ2n) is 4.05. The van der Waals surface area contributed by atoms with Gasteiger partial charge in [0.1, 0.15) is 0 Å². The van der Waals surface area contributed by atoms with Crippen LogP contribution in [0.3, 0.4) is 0 Å². The molecule has 0 unspecified atom stereocenters. The lowest BCUT2D eigenvalue weighted by molar-refractivity contribution is -0.116. The summed E-state index contributed by atoms with van der Waals surface area (Å²) >= 11 is 0. The molecule has 0 bridgehead atoms. The number of para-hydroxylation sites is 1. The second kappa shape index (κ2) is 6.16. The standard InChI is InChI=1S/C13H18N2O3/c1-10(17)15(3)12-7-5-4-6-11(12)13(18)14(2)8-9-16/h4-7,16H,8-9H2,1-3H3. The Balaban J connectivity index is 3.09. The lowest BCUT2D eigenvalue weighted by Crippen LogP contribution is -2.32. The highest BCUT2D eigenvalue weighted by molar-refractivity contribution is 6.04. The highest BCUT2D eigenvalue weighted by Gasteiger charge is 2.18. The summed E-state index contributed by atoms with van der Waals surface area (Å²) in [7, 11) is 3.24. The number of hydrogen-bond acceptors (Lipinski definition) is 3. The van der Waals surface area contributed by atoms with Crippen LogP contribution in [0, 0.1) is 0 Å². The van der Waals surface area contributed by atoms with E-state index in [-0.39, 0.29) is 25.0 Å². The normalized spacial score (nSPS) is 10.0. The minimum absolute atomic E-state index is 0.0903. The summed E-state index contributed by atoms with van der Waals surface area (Å²) in [6.45, 7) is 1.61. The van der Waals surface area contributed by atoms with E-state index in [1.165, 1.54) is 16.7 Å². The van der Waals surface area contributed by atoms with Crippen molar-refractivity contribution in [2.75, 3.05) is 32.1 Å². The predicted molar refractivity (Wildman–Crippen MR) is 69.6 cm³/mol. The number of likely N-dealkylation sites (N-methyl/N-ethyl adjacent to an activating group) is 1. The van der Waals surface area contributed by atoms with E-state index in [1.54, 1.807) is 38.4 Å². The SMILES string of the molecule is CC(=O)N(C)c1ccccc1C(=O)N(C)CCO. The van der Waals surface area contributed by atoms with Crippen LogP contribution in [0.1, 0.15) is 17.3 Å². The Morgan fingerprint density at radius 1 is 1.22 bits per heavy atom. The molecule has 2 amide bonds. The summed E-state index contributed by atoms with van der Waals surface area (Å²) in [5.41, 5.74) is 1.02. The zero-order valence-electron chi connectivity index (χ0n) is 10.9. The van der Waals surface area contributed by atoms with E-state index in [0.29, 0.717) is 11.3 Å². The molecule has 0 spiro atoms. The maximum Gasteiger partial charge on any atom is 0.255 e. The summed E-state index contributed by atoms with van der Waals surface area (Å²) in [5, 5.41) is 8.84. The Bertz CT molecular complexity index is 446. The molecule has 1 aromatic carbocycles. The van der Waals surface area contributed by atoms with Crippen molar-refractivity contribution >= 4 is 17.5 Å². The zero-order valence-corrected chi connectivity index (χ0v) is 10.9. The molecule has 1 N–H and O–H groups in total. The van der Waals surface area contributed by atoms with Crippen molar-refractivity contribution in [2.45, 2.75) is 6.92 Å². The Morgan fingerprint density at radius 2 is 1.83 bits per heavy atom. The van der Waals surface area contributed by atoms with Gasteiger partial charge in [-0.25, -0.2) is 0 Å². The van der Waals surface area contributed by atoms with Gasteiger partial charge in [0.05, 0.1) is 17.9 Å². The van der Waals surface area contributed by atoms with Gasteiger partial charge in [-0.15, -0.1) is 0 Å². The smallest absolute Gasteiger partial charge is 0.255 e. The maximum absolute atomic E-state index is 12.2. The molecule has 0 radical (unpaired) electrons. The highest BCUT2D eigenvalue weighted by Crippen LogP contribution is 2.20. The van der Waals surface area contributed by atoms with Gasteiger partial charge in [0.25, 0.3) is 5.91 Å². The number of aliphatic hydroxyl groups excluding tert-OH is 1. The quantitative estimate of drug-likeness (QED) is 0.857. The molecule has 98 valence electrons. The summed E-state index contributed by atoms with van der Waals surface area (Å²) in [4.78, 5) is 26.4. The summed E-state index contributed by atoms with van der Waals surface area (Å²) in [5.74, 6) is -0.354. The van der Waals surface area contributed by atoms with Crippen LogP contribution >= 0.6 is 0 Å². The van der Waals surface area contributed by atoms with E-state index in [9.17, 15) is 9.59 Å². The van der Waals surface area contributed by atoms with Crippen LogP contribution in [-0.4, -0.2) is 49.1 Å². The van der Waals surface area contributed by atoms with Gasteiger partial charge in [0, 0.05) is 27.6 Å². The molecule has 0 aromatic heterocycles. The van der Waals surface area contributed by atoms with Gasteiger partial charge in [-0.2, -0.15) is 0 Å². The first-order valence-electron chi connectivity index (χ1n) is 5.68. The first-order chi connectivity index (χ1) is 8.49. The van der Waals surface area contributed by atoms with Gasteiger partial charge in [-0.05, 0) is 12.1 Å². The number of amides is 2. The molecule has 5 nitrogen and oxygen atoms in total. The Hall–Kier alpha value is -1.88. The lowest BCUT2D eigenvalue weighted by Gasteiger charge is -2.22. The third-order valence-corrected chi connectivity index (χ3v) is 2.75. The average molecular weight is 250 g/mol. The fourth-order valence-corrected chi connectivity index (χ4v) is 1.57. The molecule has 1 rings (SSSR count). The largest absolute Gasteiger partial charge is 0.395 e. The van der Waals surface area contributed by atoms with Gasteiger partial charge in [-0.3, -0.25) is 9.59 Å². The molecule has 0 aliphatic carbocycles. The molecule has 1 aromatic rings. The number of aliphatic hydroxyl groups is 1. The maximum atomic E-state index is 12.2. The first-order valence-corrected chi connectivity index (χ1v) is 5.68. The van der Waals surface area contributed by atoms with E-state index in [1.807, 2.05) is 0 Å². The first kappa shape index (κ1) is 14.2. The number of hydrogen-bond donors (Lipinski definition) is 1. The molecule has 0 atom stereocenters. The van der Waals surface area contributed by atoms with Crippen LogP contribution < -0.4 is 4.90 Å². The van der Waals surface area contributed by atoms with E-state index >= 15 is 0 Å². The van der Waals surface area contributed by atoms with Crippen LogP contribution in [-0.2, 0) is 4.79 Å². The molecule has 0 heterocycles.